The van der Waals surface area contributed by atoms with E-state index >= 15 is 0 Å². The normalized spacial score (nSPS) is 13.0. The van der Waals surface area contributed by atoms with Gasteiger partial charge in [-0.3, -0.25) is 4.84 Å². The Morgan fingerprint density at radius 1 is 1.35 bits per heavy atom. The third-order valence-corrected chi connectivity index (χ3v) is 2.04. The first-order valence-electron chi connectivity index (χ1n) is 6.40. The topological polar surface area (TPSA) is 107 Å². The quantitative estimate of drug-likeness (QED) is 0.171. The summed E-state index contributed by atoms with van der Waals surface area (Å²) in [6, 6.07) is 0. The molecule has 0 bridgehead atoms. The van der Waals surface area contributed by atoms with Crippen LogP contribution in [0.1, 0.15) is 33.6 Å². The molecule has 0 aliphatic heterocycles. The van der Waals surface area contributed by atoms with Crippen LogP contribution in [0.4, 0.5) is 4.79 Å². The molecule has 1 atom stereocenters. The Kier molecular flexibility index (Phi) is 9.18. The van der Waals surface area contributed by atoms with Crippen LogP contribution in [0.5, 0.6) is 0 Å². The monoisotopic (exact) mass is 293 g/mol. The molecular formula is C11H23N3O6. The third-order valence-electron chi connectivity index (χ3n) is 2.04. The molecule has 1 unspecified atom stereocenters. The van der Waals surface area contributed by atoms with Gasteiger partial charge in [0.05, 0.1) is 24.7 Å². The molecule has 118 valence electrons. The van der Waals surface area contributed by atoms with Gasteiger partial charge in [0.2, 0.25) is 5.28 Å². The molecule has 20 heavy (non-hydrogen) atoms. The van der Waals surface area contributed by atoms with Crippen LogP contribution in [0.2, 0.25) is 0 Å². The van der Waals surface area contributed by atoms with E-state index in [0.717, 1.165) is 0 Å². The third kappa shape index (κ3) is 9.20. The minimum atomic E-state index is -1.04. The summed E-state index contributed by atoms with van der Waals surface area (Å²) in [7, 11) is 1.52. The Balaban J connectivity index is 4.03. The molecule has 0 rings (SSSR count). The molecule has 0 saturated carbocycles. The molecule has 0 aliphatic rings. The Bertz CT molecular complexity index is 311. The highest BCUT2D eigenvalue weighted by atomic mass is 16.8. The fraction of sp³-hybridized carbons (Fsp3) is 0.909. The van der Waals surface area contributed by atoms with E-state index in [2.05, 4.69) is 5.28 Å². The number of carbonyl (C=O) groups excluding carboxylic acids is 1. The van der Waals surface area contributed by atoms with Gasteiger partial charge in [0.15, 0.2) is 0 Å². The molecule has 0 aromatic rings. The lowest BCUT2D eigenvalue weighted by molar-refractivity contribution is -0.707. The van der Waals surface area contributed by atoms with E-state index in [0.29, 0.717) is 19.4 Å². The van der Waals surface area contributed by atoms with Gasteiger partial charge in [-0.1, -0.05) is 0 Å². The van der Waals surface area contributed by atoms with E-state index < -0.39 is 12.4 Å². The lowest BCUT2D eigenvalue weighted by Gasteiger charge is -2.14. The number of hydrogen-bond donors (Lipinski definition) is 1. The summed E-state index contributed by atoms with van der Waals surface area (Å²) in [4.78, 5) is 16.1. The second kappa shape index (κ2) is 10.1. The zero-order valence-corrected chi connectivity index (χ0v) is 12.3. The smallest absolute Gasteiger partial charge is 0.511 e. The Hall–Kier alpha value is -1.77. The zero-order valence-electron chi connectivity index (χ0n) is 12.3. The number of unbranched alkanes of at least 4 members (excludes halogenated alkanes) is 1. The zero-order chi connectivity index (χ0) is 15.5. The average Bonchev–Trinajstić information content (AvgIpc) is 2.34. The highest BCUT2D eigenvalue weighted by Crippen LogP contribution is 2.01. The first kappa shape index (κ1) is 18.2. The van der Waals surface area contributed by atoms with Crippen LogP contribution in [-0.2, 0) is 14.3 Å². The van der Waals surface area contributed by atoms with Crippen molar-refractivity contribution in [3.8, 4) is 0 Å². The van der Waals surface area contributed by atoms with Gasteiger partial charge in [-0.05, 0) is 26.7 Å². The van der Waals surface area contributed by atoms with Gasteiger partial charge >= 0.3 is 6.16 Å². The first-order chi connectivity index (χ1) is 9.36. The van der Waals surface area contributed by atoms with Crippen LogP contribution in [0.3, 0.4) is 0 Å². The van der Waals surface area contributed by atoms with Gasteiger partial charge in [0, 0.05) is 13.5 Å². The fourth-order valence-corrected chi connectivity index (χ4v) is 1.08. The van der Waals surface area contributed by atoms with Crippen molar-refractivity contribution >= 4 is 6.16 Å². The van der Waals surface area contributed by atoms with Crippen LogP contribution in [0, 0.1) is 5.21 Å². The van der Waals surface area contributed by atoms with Gasteiger partial charge in [0.25, 0.3) is 6.29 Å². The lowest BCUT2D eigenvalue weighted by Crippen LogP contribution is -2.28. The molecule has 0 aromatic carbocycles. The standard InChI is InChI=1S/C11H23N3O6/c1-9(2)18-11(16)19-10(3)20-12-14(17)13(4)7-5-6-8-15/h9-10,15H,5-8H2,1-4H3/b14-12-. The van der Waals surface area contributed by atoms with E-state index in [9.17, 15) is 10.0 Å². The van der Waals surface area contributed by atoms with Crippen molar-refractivity contribution in [1.82, 2.24) is 5.01 Å². The summed E-state index contributed by atoms with van der Waals surface area (Å²) < 4.78 is 9.43. The number of hydrogen-bond acceptors (Lipinski definition) is 7. The van der Waals surface area contributed by atoms with Crippen LogP contribution in [0.15, 0.2) is 5.28 Å². The number of aliphatic hydroxyl groups is 1. The largest absolute Gasteiger partial charge is 0.569 e. The number of hydrazine groups is 1. The second-order valence-corrected chi connectivity index (χ2v) is 4.35. The van der Waals surface area contributed by atoms with E-state index in [4.69, 9.17) is 19.4 Å². The van der Waals surface area contributed by atoms with E-state index in [-0.39, 0.29) is 17.7 Å². The van der Waals surface area contributed by atoms with Crippen molar-refractivity contribution in [2.24, 2.45) is 5.28 Å². The summed E-state index contributed by atoms with van der Waals surface area (Å²) in [6.45, 7) is 5.26. The van der Waals surface area contributed by atoms with Gasteiger partial charge < -0.3 is 19.8 Å². The predicted molar refractivity (Wildman–Crippen MR) is 68.3 cm³/mol. The SMILES string of the molecule is CC(C)OC(=O)OC(C)O/N=[N+](\[O-])N(C)CCCCO. The fourth-order valence-electron chi connectivity index (χ4n) is 1.08. The molecule has 0 amide bonds. The second-order valence-electron chi connectivity index (χ2n) is 4.35. The van der Waals surface area contributed by atoms with Gasteiger partial charge in [0.1, 0.15) is 0 Å². The number of nitrogens with zero attached hydrogens (tertiary/aromatic N) is 3. The van der Waals surface area contributed by atoms with Gasteiger partial charge in [-0.15, -0.1) is 5.01 Å². The Morgan fingerprint density at radius 2 is 2.00 bits per heavy atom. The molecule has 0 fully saturated rings. The summed E-state index contributed by atoms with van der Waals surface area (Å²) in [5.41, 5.74) is 0. The van der Waals surface area contributed by atoms with Crippen LogP contribution in [0.25, 0.3) is 0 Å². The Labute approximate surface area is 118 Å². The molecule has 0 saturated heterocycles. The summed E-state index contributed by atoms with van der Waals surface area (Å²) in [5, 5.41) is 24.5. The lowest BCUT2D eigenvalue weighted by atomic mass is 10.3. The van der Waals surface area contributed by atoms with Crippen molar-refractivity contribution in [3.05, 3.63) is 5.21 Å². The maximum atomic E-state index is 11.4. The maximum Gasteiger partial charge on any atom is 0.511 e. The van der Waals surface area contributed by atoms with Gasteiger partial charge in [-0.25, -0.2) is 4.79 Å². The van der Waals surface area contributed by atoms with Crippen LogP contribution in [-0.4, -0.2) is 53.8 Å². The highest BCUT2D eigenvalue weighted by molar-refractivity contribution is 5.60. The predicted octanol–water partition coefficient (Wildman–Crippen LogP) is 1.41. The summed E-state index contributed by atoms with van der Waals surface area (Å²) in [5.74, 6) is 0. The number of carbonyl (C=O) groups is 1. The van der Waals surface area contributed by atoms with E-state index in [1.807, 2.05) is 0 Å². The van der Waals surface area contributed by atoms with Crippen molar-refractivity contribution < 1.29 is 29.2 Å². The number of ether oxygens (including phenoxy) is 2. The minimum absolute atomic E-state index is 0.0726. The molecule has 1 N–H and O–H groups in total. The van der Waals surface area contributed by atoms with E-state index in [1.165, 1.54) is 19.0 Å². The molecule has 9 nitrogen and oxygen atoms in total. The molecule has 0 aliphatic carbocycles. The maximum absolute atomic E-state index is 11.4. The Morgan fingerprint density at radius 3 is 2.55 bits per heavy atom. The summed E-state index contributed by atoms with van der Waals surface area (Å²) >= 11 is 0. The molecule has 9 heteroatoms. The molecular weight excluding hydrogens is 270 g/mol. The molecule has 0 spiro atoms. The first-order valence-corrected chi connectivity index (χ1v) is 6.40. The van der Waals surface area contributed by atoms with Crippen molar-refractivity contribution in [3.63, 3.8) is 0 Å². The van der Waals surface area contributed by atoms with E-state index in [1.54, 1.807) is 13.8 Å². The number of rotatable bonds is 9. The molecule has 0 heterocycles. The average molecular weight is 293 g/mol. The minimum Gasteiger partial charge on any atom is -0.569 e. The van der Waals surface area contributed by atoms with Crippen LogP contribution < -0.4 is 0 Å². The summed E-state index contributed by atoms with van der Waals surface area (Å²) in [6.07, 6.45) is -0.992. The van der Waals surface area contributed by atoms with Crippen molar-refractivity contribution in [2.45, 2.75) is 46.0 Å². The highest BCUT2D eigenvalue weighted by Gasteiger charge is 2.15. The van der Waals surface area contributed by atoms with Gasteiger partial charge in [-0.2, -0.15) is 0 Å². The molecule has 0 radical (unpaired) electrons. The molecule has 0 aromatic heterocycles. The van der Waals surface area contributed by atoms with Crippen molar-refractivity contribution in [1.29, 1.82) is 0 Å². The number of aliphatic hydroxyl groups excluding tert-OH is 1. The van der Waals surface area contributed by atoms with Crippen molar-refractivity contribution in [2.75, 3.05) is 20.2 Å². The van der Waals surface area contributed by atoms with Crippen LogP contribution >= 0.6 is 0 Å².